The maximum Gasteiger partial charge on any atom is 0.241 e. The first-order valence-corrected chi connectivity index (χ1v) is 8.98. The molecule has 0 unspecified atom stereocenters. The number of anilines is 1. The van der Waals surface area contributed by atoms with Gasteiger partial charge in [0, 0.05) is 11.9 Å². The fraction of sp³-hybridized carbons (Fsp3) is 0.417. The molecule has 0 radical (unpaired) electrons. The van der Waals surface area contributed by atoms with Crippen LogP contribution in [0.15, 0.2) is 29.2 Å². The van der Waals surface area contributed by atoms with Crippen molar-refractivity contribution in [2.24, 2.45) is 5.73 Å². The van der Waals surface area contributed by atoms with Gasteiger partial charge in [0.25, 0.3) is 0 Å². The van der Waals surface area contributed by atoms with Crippen LogP contribution in [0.2, 0.25) is 0 Å². The molecule has 5 nitrogen and oxygen atoms in total. The Labute approximate surface area is 117 Å². The molecule has 1 atom stereocenters. The summed E-state index contributed by atoms with van der Waals surface area (Å²) in [5, 5.41) is 2.63. The van der Waals surface area contributed by atoms with Crippen molar-refractivity contribution in [3.8, 4) is 0 Å². The lowest BCUT2D eigenvalue weighted by atomic mass is 10.2. The van der Waals surface area contributed by atoms with Gasteiger partial charge >= 0.3 is 0 Å². The lowest BCUT2D eigenvalue weighted by molar-refractivity contribution is -0.117. The molecule has 0 aliphatic carbocycles. The summed E-state index contributed by atoms with van der Waals surface area (Å²) < 4.78 is 22.8. The van der Waals surface area contributed by atoms with Crippen molar-refractivity contribution in [3.05, 3.63) is 24.3 Å². The fourth-order valence-electron chi connectivity index (χ4n) is 1.42. The Kier molecular flexibility index (Phi) is 5.84. The van der Waals surface area contributed by atoms with Crippen molar-refractivity contribution in [2.75, 3.05) is 23.6 Å². The number of carbonyl (C=O) groups is 1. The van der Waals surface area contributed by atoms with Crippen LogP contribution in [0.5, 0.6) is 0 Å². The van der Waals surface area contributed by atoms with E-state index in [4.69, 9.17) is 5.73 Å². The number of rotatable bonds is 6. The van der Waals surface area contributed by atoms with Crippen molar-refractivity contribution in [1.29, 1.82) is 0 Å². The number of hydrogen-bond acceptors (Lipinski definition) is 5. The summed E-state index contributed by atoms with van der Waals surface area (Å²) in [5.41, 5.74) is 6.17. The van der Waals surface area contributed by atoms with E-state index in [1.165, 1.54) is 12.1 Å². The Morgan fingerprint density at radius 2 is 2.16 bits per heavy atom. The molecule has 1 rings (SSSR count). The highest BCUT2D eigenvalue weighted by Gasteiger charge is 2.14. The third kappa shape index (κ3) is 5.22. The van der Waals surface area contributed by atoms with Gasteiger partial charge in [0.15, 0.2) is 9.84 Å². The van der Waals surface area contributed by atoms with Crippen LogP contribution in [-0.2, 0) is 14.6 Å². The Morgan fingerprint density at radius 3 is 2.74 bits per heavy atom. The highest BCUT2D eigenvalue weighted by molar-refractivity contribution is 7.98. The molecular formula is C12H18N2O3S2. The Hall–Kier alpha value is -1.05. The summed E-state index contributed by atoms with van der Waals surface area (Å²) in [7, 11) is -3.28. The van der Waals surface area contributed by atoms with Crippen molar-refractivity contribution in [3.63, 3.8) is 0 Å². The minimum Gasteiger partial charge on any atom is -0.325 e. The molecule has 0 saturated heterocycles. The summed E-state index contributed by atoms with van der Waals surface area (Å²) >= 11 is 1.62. The van der Waals surface area contributed by atoms with Gasteiger partial charge in [0.1, 0.15) is 0 Å². The van der Waals surface area contributed by atoms with E-state index >= 15 is 0 Å². The molecule has 3 N–H and O–H groups in total. The second kappa shape index (κ2) is 6.93. The molecule has 106 valence electrons. The Balaban J connectivity index is 2.75. The van der Waals surface area contributed by atoms with Gasteiger partial charge in [-0.3, -0.25) is 4.79 Å². The third-order valence-corrected chi connectivity index (χ3v) is 4.25. The van der Waals surface area contributed by atoms with E-state index in [0.717, 1.165) is 12.0 Å². The summed E-state index contributed by atoms with van der Waals surface area (Å²) in [6.45, 7) is 0. The molecule has 0 bridgehead atoms. The lowest BCUT2D eigenvalue weighted by Crippen LogP contribution is -2.36. The molecule has 0 aromatic heterocycles. The highest BCUT2D eigenvalue weighted by Crippen LogP contribution is 2.15. The van der Waals surface area contributed by atoms with Crippen LogP contribution >= 0.6 is 11.8 Å². The van der Waals surface area contributed by atoms with Crippen LogP contribution in [0.1, 0.15) is 6.42 Å². The summed E-state index contributed by atoms with van der Waals surface area (Å²) in [6, 6.07) is 5.54. The Bertz CT molecular complexity index is 544. The Morgan fingerprint density at radius 1 is 1.47 bits per heavy atom. The zero-order chi connectivity index (χ0) is 14.5. The minimum atomic E-state index is -3.28. The molecule has 0 saturated carbocycles. The second-order valence-electron chi connectivity index (χ2n) is 4.18. The summed E-state index contributed by atoms with van der Waals surface area (Å²) in [6.07, 6.45) is 3.65. The predicted molar refractivity (Wildman–Crippen MR) is 79.2 cm³/mol. The first-order chi connectivity index (χ1) is 8.84. The molecule has 1 aromatic rings. The predicted octanol–water partition coefficient (Wildman–Crippen LogP) is 1.11. The standard InChI is InChI=1S/C12H18N2O3S2/c1-18-7-6-11(13)12(15)14-9-4-3-5-10(8-9)19(2,16)17/h3-5,8,11H,6-7,13H2,1-2H3,(H,14,15)/t11-/m1/s1. The molecule has 1 aromatic carbocycles. The zero-order valence-electron chi connectivity index (χ0n) is 10.9. The summed E-state index contributed by atoms with van der Waals surface area (Å²) in [4.78, 5) is 12.0. The number of thioether (sulfide) groups is 1. The van der Waals surface area contributed by atoms with Gasteiger partial charge in [0.05, 0.1) is 10.9 Å². The first kappa shape index (κ1) is 16.0. The highest BCUT2D eigenvalue weighted by atomic mass is 32.2. The molecular weight excluding hydrogens is 284 g/mol. The van der Waals surface area contributed by atoms with Crippen LogP contribution in [0.25, 0.3) is 0 Å². The number of nitrogens with one attached hydrogen (secondary N) is 1. The molecule has 7 heteroatoms. The van der Waals surface area contributed by atoms with E-state index in [-0.39, 0.29) is 10.8 Å². The number of carbonyl (C=O) groups excluding carboxylic acids is 1. The summed E-state index contributed by atoms with van der Waals surface area (Å²) in [5.74, 6) is 0.498. The van der Waals surface area contributed by atoms with E-state index in [0.29, 0.717) is 12.1 Å². The molecule has 0 aliphatic rings. The van der Waals surface area contributed by atoms with Crippen molar-refractivity contribution >= 4 is 33.2 Å². The molecule has 19 heavy (non-hydrogen) atoms. The molecule has 0 aliphatic heterocycles. The van der Waals surface area contributed by atoms with Gasteiger partial charge in [-0.25, -0.2) is 8.42 Å². The maximum absolute atomic E-state index is 11.8. The monoisotopic (exact) mass is 302 g/mol. The topological polar surface area (TPSA) is 89.3 Å². The van der Waals surface area contributed by atoms with E-state index < -0.39 is 15.9 Å². The smallest absolute Gasteiger partial charge is 0.241 e. The zero-order valence-corrected chi connectivity index (χ0v) is 12.6. The van der Waals surface area contributed by atoms with E-state index in [2.05, 4.69) is 5.32 Å². The third-order valence-electron chi connectivity index (χ3n) is 2.50. The number of benzene rings is 1. The maximum atomic E-state index is 11.8. The van der Waals surface area contributed by atoms with Crippen LogP contribution in [0, 0.1) is 0 Å². The number of sulfone groups is 1. The minimum absolute atomic E-state index is 0.169. The van der Waals surface area contributed by atoms with Crippen molar-refractivity contribution < 1.29 is 13.2 Å². The normalized spacial score (nSPS) is 13.0. The van der Waals surface area contributed by atoms with E-state index in [9.17, 15) is 13.2 Å². The van der Waals surface area contributed by atoms with Gasteiger partial charge in [-0.15, -0.1) is 0 Å². The van der Waals surface area contributed by atoms with E-state index in [1.54, 1.807) is 23.9 Å². The number of nitrogens with two attached hydrogens (primary N) is 1. The van der Waals surface area contributed by atoms with Gasteiger partial charge in [-0.2, -0.15) is 11.8 Å². The second-order valence-corrected chi connectivity index (χ2v) is 7.18. The van der Waals surface area contributed by atoms with Crippen LogP contribution in [0.3, 0.4) is 0 Å². The average Bonchev–Trinajstić information content (AvgIpc) is 2.35. The van der Waals surface area contributed by atoms with Crippen LogP contribution in [-0.4, -0.2) is 38.6 Å². The number of amides is 1. The van der Waals surface area contributed by atoms with Gasteiger partial charge in [-0.1, -0.05) is 6.07 Å². The first-order valence-electron chi connectivity index (χ1n) is 5.70. The van der Waals surface area contributed by atoms with Crippen LogP contribution in [0.4, 0.5) is 5.69 Å². The van der Waals surface area contributed by atoms with E-state index in [1.807, 2.05) is 6.26 Å². The average molecular weight is 302 g/mol. The van der Waals surface area contributed by atoms with Crippen molar-refractivity contribution in [2.45, 2.75) is 17.4 Å². The fourth-order valence-corrected chi connectivity index (χ4v) is 2.57. The largest absolute Gasteiger partial charge is 0.325 e. The molecule has 1 amide bonds. The molecule has 0 heterocycles. The number of hydrogen-bond donors (Lipinski definition) is 2. The van der Waals surface area contributed by atoms with Gasteiger partial charge in [0.2, 0.25) is 5.91 Å². The lowest BCUT2D eigenvalue weighted by Gasteiger charge is -2.12. The van der Waals surface area contributed by atoms with Crippen LogP contribution < -0.4 is 11.1 Å². The van der Waals surface area contributed by atoms with Crippen molar-refractivity contribution in [1.82, 2.24) is 0 Å². The SMILES string of the molecule is CSCC[C@@H](N)C(=O)Nc1cccc(S(C)(=O)=O)c1. The quantitative estimate of drug-likeness (QED) is 0.821. The van der Waals surface area contributed by atoms with Gasteiger partial charge < -0.3 is 11.1 Å². The molecule has 0 spiro atoms. The molecule has 0 fully saturated rings. The van der Waals surface area contributed by atoms with Gasteiger partial charge in [-0.05, 0) is 36.6 Å².